The molecule has 0 aliphatic carbocycles. The number of hydrogen-bond donors (Lipinski definition) is 0. The molecule has 0 aromatic carbocycles. The minimum absolute atomic E-state index is 0.513. The van der Waals surface area contributed by atoms with Crippen molar-refractivity contribution >= 4 is 30.6 Å². The number of rotatable bonds is 5. The number of piperidine rings is 1. The zero-order valence-electron chi connectivity index (χ0n) is 21.9. The largest absolute Gasteiger partial charge is 0.368 e. The van der Waals surface area contributed by atoms with Gasteiger partial charge in [0.1, 0.15) is 19.5 Å². The lowest BCUT2D eigenvalue weighted by atomic mass is 9.92. The van der Waals surface area contributed by atoms with E-state index in [2.05, 4.69) is 67.2 Å². The number of aliphatic imine (C=N–C) groups is 1. The first-order chi connectivity index (χ1) is 16.8. The molecule has 6 nitrogen and oxygen atoms in total. The summed E-state index contributed by atoms with van der Waals surface area (Å²) in [5.74, 6) is 1.82. The van der Waals surface area contributed by atoms with E-state index in [0.717, 1.165) is 89.9 Å². The summed E-state index contributed by atoms with van der Waals surface area (Å²) in [6.07, 6.45) is 6.86. The van der Waals surface area contributed by atoms with Crippen LogP contribution in [0.15, 0.2) is 60.5 Å². The Morgan fingerprint density at radius 2 is 1.89 bits per heavy atom. The molecule has 2 aromatic heterocycles. The van der Waals surface area contributed by atoms with Crippen LogP contribution in [0.5, 0.6) is 0 Å². The highest BCUT2D eigenvalue weighted by Gasteiger charge is 2.31. The highest BCUT2D eigenvalue weighted by atomic mass is 15.3. The van der Waals surface area contributed by atoms with Crippen molar-refractivity contribution in [2.45, 2.75) is 46.1 Å². The smallest absolute Gasteiger partial charge is 0.148 e. The molecule has 7 heteroatoms. The fourth-order valence-corrected chi connectivity index (χ4v) is 5.34. The quantitative estimate of drug-likeness (QED) is 0.382. The lowest BCUT2D eigenvalue weighted by molar-refractivity contribution is 0.189. The van der Waals surface area contributed by atoms with Crippen molar-refractivity contribution < 1.29 is 0 Å². The van der Waals surface area contributed by atoms with Crippen LogP contribution in [0.2, 0.25) is 0 Å². The summed E-state index contributed by atoms with van der Waals surface area (Å²) in [5, 5.41) is 0. The minimum atomic E-state index is 0.513. The third kappa shape index (κ3) is 4.64. The van der Waals surface area contributed by atoms with Gasteiger partial charge in [0, 0.05) is 56.5 Å². The van der Waals surface area contributed by atoms with Crippen molar-refractivity contribution in [2.75, 3.05) is 31.6 Å². The first kappa shape index (κ1) is 24.8. The summed E-state index contributed by atoms with van der Waals surface area (Å²) in [4.78, 5) is 21.3. The number of allylic oxidation sites excluding steroid dienone is 1. The Hall–Kier alpha value is -3.35. The molecular weight excluding hydrogens is 431 g/mol. The number of amidine groups is 1. The maximum absolute atomic E-state index is 5.05. The van der Waals surface area contributed by atoms with Crippen molar-refractivity contribution in [1.82, 2.24) is 19.8 Å². The van der Waals surface area contributed by atoms with E-state index in [1.54, 1.807) is 0 Å². The van der Waals surface area contributed by atoms with Crippen LogP contribution in [-0.4, -0.2) is 66.2 Å². The molecule has 0 amide bonds. The Kier molecular flexibility index (Phi) is 7.15. The van der Waals surface area contributed by atoms with Crippen LogP contribution in [0.3, 0.4) is 0 Å². The molecule has 4 heterocycles. The normalized spacial score (nSPS) is 17.3. The Labute approximate surface area is 211 Å². The number of hydrogen-bond acceptors (Lipinski definition) is 5. The first-order valence-corrected chi connectivity index (χ1v) is 12.4. The Morgan fingerprint density at radius 1 is 1.17 bits per heavy atom. The van der Waals surface area contributed by atoms with Gasteiger partial charge in [-0.1, -0.05) is 31.3 Å². The van der Waals surface area contributed by atoms with Gasteiger partial charge in [-0.2, -0.15) is 0 Å². The number of aryl methyl sites for hydroxylation is 3. The van der Waals surface area contributed by atoms with Gasteiger partial charge in [0.05, 0.1) is 16.9 Å². The Morgan fingerprint density at radius 3 is 2.46 bits per heavy atom. The van der Waals surface area contributed by atoms with Gasteiger partial charge < -0.3 is 9.80 Å². The molecule has 0 unspecified atom stereocenters. The van der Waals surface area contributed by atoms with Gasteiger partial charge in [-0.25, -0.2) is 4.98 Å². The molecule has 2 aliphatic heterocycles. The lowest BCUT2D eigenvalue weighted by Crippen LogP contribution is -2.46. The second kappa shape index (κ2) is 10.1. The average Bonchev–Trinajstić information content (AvgIpc) is 3.18. The van der Waals surface area contributed by atoms with Crippen molar-refractivity contribution in [3.63, 3.8) is 0 Å². The van der Waals surface area contributed by atoms with E-state index < -0.39 is 0 Å². The maximum Gasteiger partial charge on any atom is 0.148 e. The van der Waals surface area contributed by atoms with Crippen molar-refractivity contribution in [2.24, 2.45) is 4.99 Å². The van der Waals surface area contributed by atoms with Crippen LogP contribution < -0.4 is 10.4 Å². The van der Waals surface area contributed by atoms with E-state index in [9.17, 15) is 0 Å². The lowest BCUT2D eigenvalue weighted by Gasteiger charge is -2.40. The van der Waals surface area contributed by atoms with Crippen molar-refractivity contribution in [3.05, 3.63) is 78.1 Å². The van der Waals surface area contributed by atoms with E-state index in [1.807, 2.05) is 32.4 Å². The van der Waals surface area contributed by atoms with Crippen LogP contribution in [0.25, 0.3) is 0 Å². The number of pyridine rings is 2. The molecule has 0 N–H and O–H groups in total. The predicted molar refractivity (Wildman–Crippen MR) is 150 cm³/mol. The summed E-state index contributed by atoms with van der Waals surface area (Å²) in [6, 6.07) is 4.76. The van der Waals surface area contributed by atoms with E-state index in [4.69, 9.17) is 9.98 Å². The van der Waals surface area contributed by atoms with E-state index in [1.165, 1.54) is 5.57 Å². The molecule has 2 saturated heterocycles. The monoisotopic (exact) mass is 468 g/mol. The fourth-order valence-electron chi connectivity index (χ4n) is 5.34. The summed E-state index contributed by atoms with van der Waals surface area (Å²) >= 11 is 0. The second-order valence-corrected chi connectivity index (χ2v) is 9.64. The molecule has 0 bridgehead atoms. The molecule has 4 rings (SSSR count). The number of nitrogens with zero attached hydrogens (tertiary/aromatic N) is 6. The number of aromatic nitrogens is 2. The van der Waals surface area contributed by atoms with Gasteiger partial charge in [0.25, 0.3) is 0 Å². The third-order valence-electron chi connectivity index (χ3n) is 7.47. The molecule has 2 fully saturated rings. The van der Waals surface area contributed by atoms with Crippen LogP contribution in [0.1, 0.15) is 41.8 Å². The van der Waals surface area contributed by atoms with Gasteiger partial charge in [-0.05, 0) is 57.2 Å². The van der Waals surface area contributed by atoms with Crippen LogP contribution in [0.4, 0.5) is 11.5 Å². The molecule has 0 atom stereocenters. The highest BCUT2D eigenvalue weighted by Crippen LogP contribution is 2.34. The van der Waals surface area contributed by atoms with Crippen LogP contribution in [-0.2, 0) is 0 Å². The van der Waals surface area contributed by atoms with Crippen LogP contribution >= 0.6 is 0 Å². The highest BCUT2D eigenvalue weighted by molar-refractivity contribution is 6.33. The summed E-state index contributed by atoms with van der Waals surface area (Å²) in [5.41, 5.74) is 8.56. The molecule has 0 radical (unpaired) electrons. The zero-order chi connectivity index (χ0) is 25.3. The predicted octanol–water partition coefficient (Wildman–Crippen LogP) is 3.56. The summed E-state index contributed by atoms with van der Waals surface area (Å²) in [6.45, 7) is 21.7. The molecule has 2 aromatic rings. The topological polar surface area (TPSA) is 47.9 Å². The van der Waals surface area contributed by atoms with E-state index in [0.29, 0.717) is 6.04 Å². The van der Waals surface area contributed by atoms with Crippen molar-refractivity contribution in [3.8, 4) is 0 Å². The molecule has 2 aliphatic rings. The standard InChI is InChI=1S/C28H37BN6/c1-8-34(26-19(3)9-13-31-21(26)5)28-24(17-25(29)20(4)32-28)27(30-7)33-14-11-23(12-15-33)35-16-10-18(2)22(35)6/h8-9,13,17,23H,1-2,6,10-12,14-16,29H2,3-5,7H3/b30-27+. The SMILES string of the molecule is Bc1cc(/C(=N\C)N2CCC(N3CCC(=C)C3=C)CC2)c(N(C=C)c2c(C)ccnc2C)nc1C. The van der Waals surface area contributed by atoms with Crippen molar-refractivity contribution in [1.29, 1.82) is 0 Å². The van der Waals surface area contributed by atoms with Gasteiger partial charge in [0.15, 0.2) is 0 Å². The molecular formula is C28H37BN6. The van der Waals surface area contributed by atoms with E-state index >= 15 is 0 Å². The Balaban J connectivity index is 1.67. The number of likely N-dealkylation sites (tertiary alicyclic amines) is 2. The van der Waals surface area contributed by atoms with Gasteiger partial charge in [-0.15, -0.1) is 0 Å². The Bertz CT molecular complexity index is 1170. The average molecular weight is 468 g/mol. The molecule has 182 valence electrons. The molecule has 0 spiro atoms. The molecule has 0 saturated carbocycles. The van der Waals surface area contributed by atoms with Gasteiger partial charge in [0.2, 0.25) is 0 Å². The maximum atomic E-state index is 5.05. The van der Waals surface area contributed by atoms with Gasteiger partial charge in [-0.3, -0.25) is 14.9 Å². The zero-order valence-corrected chi connectivity index (χ0v) is 21.9. The number of anilines is 2. The second-order valence-electron chi connectivity index (χ2n) is 9.64. The minimum Gasteiger partial charge on any atom is -0.368 e. The fraction of sp³-hybridized carbons (Fsp3) is 0.393. The third-order valence-corrected chi connectivity index (χ3v) is 7.47. The van der Waals surface area contributed by atoms with Crippen LogP contribution in [0, 0.1) is 20.8 Å². The summed E-state index contributed by atoms with van der Waals surface area (Å²) in [7, 11) is 3.99. The van der Waals surface area contributed by atoms with E-state index in [-0.39, 0.29) is 0 Å². The van der Waals surface area contributed by atoms with Gasteiger partial charge >= 0.3 is 0 Å². The molecule has 35 heavy (non-hydrogen) atoms. The first-order valence-electron chi connectivity index (χ1n) is 12.4. The summed E-state index contributed by atoms with van der Waals surface area (Å²) < 4.78 is 0.